The van der Waals surface area contributed by atoms with Crippen LogP contribution in [0.2, 0.25) is 0 Å². The zero-order valence-electron chi connectivity index (χ0n) is 11.8. The molecule has 0 atom stereocenters. The molecule has 0 radical (unpaired) electrons. The lowest BCUT2D eigenvalue weighted by Gasteiger charge is -2.17. The number of nitrogens with one attached hydrogen (secondary N) is 1. The first-order chi connectivity index (χ1) is 8.77. The van der Waals surface area contributed by atoms with Crippen molar-refractivity contribution in [1.82, 2.24) is 10.2 Å². The largest absolute Gasteiger partial charge is 0.316 e. The Bertz CT molecular complexity index is 347. The van der Waals surface area contributed by atoms with Crippen molar-refractivity contribution in [3.05, 3.63) is 48.0 Å². The highest BCUT2D eigenvalue weighted by atomic mass is 15.1. The third-order valence-corrected chi connectivity index (χ3v) is 3.00. The smallest absolute Gasteiger partial charge is 0.0236 e. The summed E-state index contributed by atoms with van der Waals surface area (Å²) >= 11 is 0. The van der Waals surface area contributed by atoms with Gasteiger partial charge in [-0.1, -0.05) is 37.3 Å². The maximum atomic E-state index is 3.78. The van der Waals surface area contributed by atoms with Gasteiger partial charge >= 0.3 is 0 Å². The van der Waals surface area contributed by atoms with E-state index < -0.39 is 0 Å². The molecule has 0 heterocycles. The fraction of sp³-hybridized carbons (Fsp3) is 0.500. The Morgan fingerprint density at radius 3 is 2.61 bits per heavy atom. The predicted molar refractivity (Wildman–Crippen MR) is 79.8 cm³/mol. The summed E-state index contributed by atoms with van der Waals surface area (Å²) in [7, 11) is 2.13. The van der Waals surface area contributed by atoms with E-state index in [2.05, 4.69) is 55.0 Å². The van der Waals surface area contributed by atoms with Crippen molar-refractivity contribution in [3.8, 4) is 0 Å². The van der Waals surface area contributed by atoms with Gasteiger partial charge in [0, 0.05) is 13.1 Å². The third-order valence-electron chi connectivity index (χ3n) is 3.00. The van der Waals surface area contributed by atoms with Gasteiger partial charge in [-0.15, -0.1) is 6.58 Å². The van der Waals surface area contributed by atoms with Crippen LogP contribution in [0.4, 0.5) is 0 Å². The number of hydrogen-bond donors (Lipinski definition) is 1. The van der Waals surface area contributed by atoms with Crippen LogP contribution < -0.4 is 5.32 Å². The highest BCUT2D eigenvalue weighted by molar-refractivity contribution is 5.27. The zero-order chi connectivity index (χ0) is 13.2. The number of benzene rings is 1. The lowest BCUT2D eigenvalue weighted by atomic mass is 10.0. The molecule has 0 fully saturated rings. The van der Waals surface area contributed by atoms with E-state index in [4.69, 9.17) is 0 Å². The first-order valence-electron chi connectivity index (χ1n) is 6.84. The number of hydrogen-bond acceptors (Lipinski definition) is 2. The van der Waals surface area contributed by atoms with Gasteiger partial charge in [0.2, 0.25) is 0 Å². The van der Waals surface area contributed by atoms with Crippen molar-refractivity contribution in [3.63, 3.8) is 0 Å². The molecule has 1 aromatic rings. The molecule has 0 saturated carbocycles. The molecule has 0 aliphatic carbocycles. The van der Waals surface area contributed by atoms with Crippen molar-refractivity contribution in [1.29, 1.82) is 0 Å². The molecule has 100 valence electrons. The predicted octanol–water partition coefficient (Wildman–Crippen LogP) is 2.85. The first kappa shape index (κ1) is 14.9. The maximum Gasteiger partial charge on any atom is 0.0236 e. The van der Waals surface area contributed by atoms with E-state index in [0.29, 0.717) is 0 Å². The highest BCUT2D eigenvalue weighted by Gasteiger charge is 2.04. The molecule has 2 heteroatoms. The van der Waals surface area contributed by atoms with Crippen LogP contribution in [0.15, 0.2) is 36.9 Å². The summed E-state index contributed by atoms with van der Waals surface area (Å²) in [4.78, 5) is 2.28. The van der Waals surface area contributed by atoms with Crippen molar-refractivity contribution in [2.75, 3.05) is 26.7 Å². The summed E-state index contributed by atoms with van der Waals surface area (Å²) in [5.74, 6) is 0. The Balaban J connectivity index is 2.53. The van der Waals surface area contributed by atoms with Crippen molar-refractivity contribution in [2.45, 2.75) is 26.3 Å². The van der Waals surface area contributed by atoms with Gasteiger partial charge in [-0.05, 0) is 44.1 Å². The topological polar surface area (TPSA) is 15.3 Å². The minimum atomic E-state index is 0.933. The molecule has 0 saturated heterocycles. The number of nitrogens with zero attached hydrogens (tertiary/aromatic N) is 1. The van der Waals surface area contributed by atoms with E-state index in [1.807, 2.05) is 6.08 Å². The molecular weight excluding hydrogens is 220 g/mol. The van der Waals surface area contributed by atoms with Crippen LogP contribution >= 0.6 is 0 Å². The third kappa shape index (κ3) is 5.48. The molecule has 1 rings (SSSR count). The average molecular weight is 246 g/mol. The summed E-state index contributed by atoms with van der Waals surface area (Å²) in [5, 5.41) is 3.46. The van der Waals surface area contributed by atoms with Gasteiger partial charge in [-0.3, -0.25) is 4.90 Å². The SMILES string of the molecule is C=CCN(C)Cc1ccccc1CCNCCC. The molecule has 0 aliphatic rings. The lowest BCUT2D eigenvalue weighted by Crippen LogP contribution is -2.21. The monoisotopic (exact) mass is 246 g/mol. The summed E-state index contributed by atoms with van der Waals surface area (Å²) in [5.41, 5.74) is 2.89. The van der Waals surface area contributed by atoms with Gasteiger partial charge < -0.3 is 5.32 Å². The molecule has 1 N–H and O–H groups in total. The van der Waals surface area contributed by atoms with Crippen LogP contribution in [0.1, 0.15) is 24.5 Å². The molecule has 0 amide bonds. The van der Waals surface area contributed by atoms with Crippen LogP contribution in [0.5, 0.6) is 0 Å². The normalized spacial score (nSPS) is 10.8. The summed E-state index contributed by atoms with van der Waals surface area (Å²) in [6.45, 7) is 10.1. The van der Waals surface area contributed by atoms with E-state index in [1.54, 1.807) is 0 Å². The Kier molecular flexibility index (Phi) is 7.38. The second kappa shape index (κ2) is 8.90. The van der Waals surface area contributed by atoms with Crippen LogP contribution in [0.3, 0.4) is 0 Å². The Morgan fingerprint density at radius 2 is 1.94 bits per heavy atom. The van der Waals surface area contributed by atoms with E-state index in [9.17, 15) is 0 Å². The highest BCUT2D eigenvalue weighted by Crippen LogP contribution is 2.11. The maximum absolute atomic E-state index is 3.78. The quantitative estimate of drug-likeness (QED) is 0.532. The van der Waals surface area contributed by atoms with E-state index in [0.717, 1.165) is 32.6 Å². The lowest BCUT2D eigenvalue weighted by molar-refractivity contribution is 0.362. The van der Waals surface area contributed by atoms with Crippen LogP contribution in [0, 0.1) is 0 Å². The fourth-order valence-corrected chi connectivity index (χ4v) is 2.06. The van der Waals surface area contributed by atoms with E-state index >= 15 is 0 Å². The molecule has 1 aromatic carbocycles. The van der Waals surface area contributed by atoms with Gasteiger partial charge in [0.15, 0.2) is 0 Å². The van der Waals surface area contributed by atoms with E-state index in [-0.39, 0.29) is 0 Å². The van der Waals surface area contributed by atoms with Gasteiger partial charge in [-0.2, -0.15) is 0 Å². The van der Waals surface area contributed by atoms with Gasteiger partial charge in [0.25, 0.3) is 0 Å². The Morgan fingerprint density at radius 1 is 1.22 bits per heavy atom. The zero-order valence-corrected chi connectivity index (χ0v) is 11.8. The fourth-order valence-electron chi connectivity index (χ4n) is 2.06. The molecule has 0 aliphatic heterocycles. The average Bonchev–Trinajstić information content (AvgIpc) is 2.37. The second-order valence-corrected chi connectivity index (χ2v) is 4.75. The van der Waals surface area contributed by atoms with E-state index in [1.165, 1.54) is 17.5 Å². The standard InChI is InChI=1S/C16H26N2/c1-4-11-17-12-10-15-8-6-7-9-16(15)14-18(3)13-5-2/h5-9,17H,2,4,10-14H2,1,3H3. The van der Waals surface area contributed by atoms with Gasteiger partial charge in [0.1, 0.15) is 0 Å². The molecule has 0 unspecified atom stereocenters. The molecule has 0 bridgehead atoms. The second-order valence-electron chi connectivity index (χ2n) is 4.75. The molecule has 2 nitrogen and oxygen atoms in total. The molecule has 18 heavy (non-hydrogen) atoms. The molecule has 0 spiro atoms. The molecule has 0 aromatic heterocycles. The Hall–Kier alpha value is -1.12. The Labute approximate surface area is 112 Å². The summed E-state index contributed by atoms with van der Waals surface area (Å²) in [6.07, 6.45) is 4.26. The van der Waals surface area contributed by atoms with Crippen LogP contribution in [0.25, 0.3) is 0 Å². The number of rotatable bonds is 9. The summed E-state index contributed by atoms with van der Waals surface area (Å²) < 4.78 is 0. The minimum absolute atomic E-state index is 0.933. The van der Waals surface area contributed by atoms with Crippen LogP contribution in [-0.2, 0) is 13.0 Å². The van der Waals surface area contributed by atoms with Crippen molar-refractivity contribution >= 4 is 0 Å². The first-order valence-corrected chi connectivity index (χ1v) is 6.84. The minimum Gasteiger partial charge on any atom is -0.316 e. The van der Waals surface area contributed by atoms with Gasteiger partial charge in [0.05, 0.1) is 0 Å². The van der Waals surface area contributed by atoms with Crippen LogP contribution in [-0.4, -0.2) is 31.6 Å². The van der Waals surface area contributed by atoms with Crippen molar-refractivity contribution in [2.24, 2.45) is 0 Å². The number of likely N-dealkylation sites (N-methyl/N-ethyl adjacent to an activating group) is 1. The molecular formula is C16H26N2. The summed E-state index contributed by atoms with van der Waals surface area (Å²) in [6, 6.07) is 8.73. The van der Waals surface area contributed by atoms with Crippen molar-refractivity contribution < 1.29 is 0 Å². The van der Waals surface area contributed by atoms with Gasteiger partial charge in [-0.25, -0.2) is 0 Å².